The summed E-state index contributed by atoms with van der Waals surface area (Å²) in [6, 6.07) is 4.35. The van der Waals surface area contributed by atoms with Crippen molar-refractivity contribution in [2.75, 3.05) is 6.61 Å². The zero-order valence-electron chi connectivity index (χ0n) is 12.4. The Labute approximate surface area is 153 Å². The summed E-state index contributed by atoms with van der Waals surface area (Å²) in [6.07, 6.45) is 1.90. The van der Waals surface area contributed by atoms with Crippen molar-refractivity contribution in [3.63, 3.8) is 0 Å². The largest absolute Gasteiger partial charge is 0.463 e. The van der Waals surface area contributed by atoms with Gasteiger partial charge in [0, 0.05) is 17.2 Å². The number of ether oxygens (including phenoxy) is 1. The first-order valence-corrected chi connectivity index (χ1v) is 7.71. The number of esters is 1. The van der Waals surface area contributed by atoms with Gasteiger partial charge in [-0.15, -0.1) is 0 Å². The van der Waals surface area contributed by atoms with Crippen LogP contribution in [0, 0.1) is 0 Å². The van der Waals surface area contributed by atoms with Gasteiger partial charge in [-0.1, -0.05) is 23.2 Å². The molecule has 0 saturated carbocycles. The topological polar surface area (TPSA) is 96.5 Å². The van der Waals surface area contributed by atoms with Crippen LogP contribution in [-0.4, -0.2) is 29.5 Å². The second kappa shape index (κ2) is 9.86. The summed E-state index contributed by atoms with van der Waals surface area (Å²) in [6.45, 7) is 1.84. The van der Waals surface area contributed by atoms with E-state index in [9.17, 15) is 14.4 Å². The molecule has 0 spiro atoms. The molecule has 24 heavy (non-hydrogen) atoms. The molecule has 0 radical (unpaired) electrons. The molecule has 128 valence electrons. The summed E-state index contributed by atoms with van der Waals surface area (Å²) >= 11 is 16.5. The normalized spacial score (nSPS) is 10.1. The molecule has 0 aromatic heterocycles. The molecule has 0 aliphatic carbocycles. The molecule has 1 aromatic carbocycles. The van der Waals surface area contributed by atoms with E-state index < -0.39 is 17.8 Å². The van der Waals surface area contributed by atoms with Crippen molar-refractivity contribution in [3.05, 3.63) is 46.0 Å². The molecule has 2 amide bonds. The lowest BCUT2D eigenvalue weighted by molar-refractivity contribution is -0.137. The van der Waals surface area contributed by atoms with Crippen LogP contribution >= 0.6 is 35.4 Å². The highest BCUT2D eigenvalue weighted by atomic mass is 35.5. The first kappa shape index (κ1) is 19.9. The maximum Gasteiger partial charge on any atom is 0.330 e. The molecule has 0 unspecified atom stereocenters. The van der Waals surface area contributed by atoms with Crippen LogP contribution in [0.15, 0.2) is 30.4 Å². The standard InChI is InChI=1S/C14H13Cl2N3O4S/c1-2-23-12(21)6-5-11(20)17-14(24)19-18-13(22)9-4-3-8(15)7-10(9)16/h3-7H,2H2,1H3,(H,18,22)(H2,17,19,20,24)/b6-5+. The molecule has 3 N–H and O–H groups in total. The smallest absolute Gasteiger partial charge is 0.330 e. The quantitative estimate of drug-likeness (QED) is 0.314. The van der Waals surface area contributed by atoms with Crippen LogP contribution in [-0.2, 0) is 14.3 Å². The van der Waals surface area contributed by atoms with Gasteiger partial charge in [-0.05, 0) is 37.3 Å². The molecule has 1 rings (SSSR count). The highest BCUT2D eigenvalue weighted by Gasteiger charge is 2.11. The minimum Gasteiger partial charge on any atom is -0.463 e. The number of hydrogen-bond donors (Lipinski definition) is 3. The van der Waals surface area contributed by atoms with Crippen molar-refractivity contribution >= 4 is 58.3 Å². The second-order valence-electron chi connectivity index (χ2n) is 4.11. The predicted molar refractivity (Wildman–Crippen MR) is 93.6 cm³/mol. The number of halogens is 2. The van der Waals surface area contributed by atoms with E-state index in [-0.39, 0.29) is 22.3 Å². The van der Waals surface area contributed by atoms with E-state index in [1.54, 1.807) is 6.92 Å². The Bertz CT molecular complexity index is 695. The summed E-state index contributed by atoms with van der Waals surface area (Å²) in [5.74, 6) is -1.90. The van der Waals surface area contributed by atoms with Crippen molar-refractivity contribution in [2.24, 2.45) is 0 Å². The number of carbonyl (C=O) groups excluding carboxylic acids is 3. The van der Waals surface area contributed by atoms with E-state index in [2.05, 4.69) is 20.9 Å². The lowest BCUT2D eigenvalue weighted by atomic mass is 10.2. The van der Waals surface area contributed by atoms with E-state index in [0.29, 0.717) is 5.02 Å². The van der Waals surface area contributed by atoms with Crippen LogP contribution in [0.1, 0.15) is 17.3 Å². The first-order valence-electron chi connectivity index (χ1n) is 6.54. The van der Waals surface area contributed by atoms with Crippen molar-refractivity contribution < 1.29 is 19.1 Å². The lowest BCUT2D eigenvalue weighted by Gasteiger charge is -2.10. The second-order valence-corrected chi connectivity index (χ2v) is 5.36. The average Bonchev–Trinajstić information content (AvgIpc) is 2.51. The number of benzene rings is 1. The van der Waals surface area contributed by atoms with Crippen molar-refractivity contribution in [2.45, 2.75) is 6.92 Å². The third-order valence-electron chi connectivity index (χ3n) is 2.36. The Kier molecular flexibility index (Phi) is 8.17. The first-order chi connectivity index (χ1) is 11.3. The number of hydrazine groups is 1. The van der Waals surface area contributed by atoms with Gasteiger partial charge in [0.05, 0.1) is 17.2 Å². The average molecular weight is 390 g/mol. The van der Waals surface area contributed by atoms with E-state index in [1.165, 1.54) is 18.2 Å². The Balaban J connectivity index is 2.47. The third-order valence-corrected chi connectivity index (χ3v) is 3.11. The lowest BCUT2D eigenvalue weighted by Crippen LogP contribution is -2.48. The van der Waals surface area contributed by atoms with Gasteiger partial charge in [-0.2, -0.15) is 0 Å². The SMILES string of the molecule is CCOC(=O)/C=C/C(=O)NC(=S)NNC(=O)c1ccc(Cl)cc1Cl. The number of carbonyl (C=O) groups is 3. The minimum absolute atomic E-state index is 0.161. The molecule has 0 bridgehead atoms. The van der Waals surface area contributed by atoms with Crippen LogP contribution in [0.25, 0.3) is 0 Å². The molecule has 0 fully saturated rings. The van der Waals surface area contributed by atoms with E-state index in [1.807, 2.05) is 0 Å². The summed E-state index contributed by atoms with van der Waals surface area (Å²) < 4.78 is 4.61. The maximum absolute atomic E-state index is 11.9. The number of rotatable bonds is 4. The molecule has 0 aliphatic rings. The number of amides is 2. The molecular formula is C14H13Cl2N3O4S. The number of hydrogen-bond acceptors (Lipinski definition) is 5. The Morgan fingerprint density at radius 1 is 1.21 bits per heavy atom. The van der Waals surface area contributed by atoms with E-state index in [0.717, 1.165) is 12.2 Å². The van der Waals surface area contributed by atoms with Gasteiger partial charge in [-0.3, -0.25) is 25.8 Å². The van der Waals surface area contributed by atoms with Crippen LogP contribution < -0.4 is 16.2 Å². The van der Waals surface area contributed by atoms with Gasteiger partial charge < -0.3 is 4.74 Å². The van der Waals surface area contributed by atoms with Gasteiger partial charge in [0.1, 0.15) is 0 Å². The number of thiocarbonyl (C=S) groups is 1. The fourth-order valence-corrected chi connectivity index (χ4v) is 2.02. The molecule has 7 nitrogen and oxygen atoms in total. The summed E-state index contributed by atoms with van der Waals surface area (Å²) in [7, 11) is 0. The summed E-state index contributed by atoms with van der Waals surface area (Å²) in [4.78, 5) is 34.4. The van der Waals surface area contributed by atoms with Gasteiger partial charge in [-0.25, -0.2) is 4.79 Å². The van der Waals surface area contributed by atoms with Crippen molar-refractivity contribution in [3.8, 4) is 0 Å². The van der Waals surface area contributed by atoms with Crippen molar-refractivity contribution in [1.82, 2.24) is 16.2 Å². The van der Waals surface area contributed by atoms with Gasteiger partial charge in [0.2, 0.25) is 5.91 Å². The van der Waals surface area contributed by atoms with Gasteiger partial charge >= 0.3 is 5.97 Å². The van der Waals surface area contributed by atoms with Crippen LogP contribution in [0.2, 0.25) is 10.0 Å². The van der Waals surface area contributed by atoms with Gasteiger partial charge in [0.25, 0.3) is 5.91 Å². The molecule has 10 heteroatoms. The van der Waals surface area contributed by atoms with E-state index in [4.69, 9.17) is 35.4 Å². The van der Waals surface area contributed by atoms with Gasteiger partial charge in [0.15, 0.2) is 5.11 Å². The predicted octanol–water partition coefficient (Wildman–Crippen LogP) is 1.75. The fraction of sp³-hybridized carbons (Fsp3) is 0.143. The molecule has 1 aromatic rings. The fourth-order valence-electron chi connectivity index (χ4n) is 1.37. The summed E-state index contributed by atoms with van der Waals surface area (Å²) in [5.41, 5.74) is 4.76. The molecule has 0 atom stereocenters. The number of nitrogens with one attached hydrogen (secondary N) is 3. The maximum atomic E-state index is 11.9. The molecule has 0 heterocycles. The Morgan fingerprint density at radius 2 is 1.92 bits per heavy atom. The highest BCUT2D eigenvalue weighted by molar-refractivity contribution is 7.80. The van der Waals surface area contributed by atoms with E-state index >= 15 is 0 Å². The molecular weight excluding hydrogens is 377 g/mol. The summed E-state index contributed by atoms with van der Waals surface area (Å²) in [5, 5.41) is 2.60. The molecule has 0 aliphatic heterocycles. The van der Waals surface area contributed by atoms with Crippen LogP contribution in [0.5, 0.6) is 0 Å². The van der Waals surface area contributed by atoms with Crippen molar-refractivity contribution in [1.29, 1.82) is 0 Å². The zero-order valence-corrected chi connectivity index (χ0v) is 14.7. The van der Waals surface area contributed by atoms with Crippen LogP contribution in [0.4, 0.5) is 0 Å². The molecule has 0 saturated heterocycles. The Hall–Kier alpha value is -2.16. The minimum atomic E-state index is -0.667. The Morgan fingerprint density at radius 3 is 2.54 bits per heavy atom. The zero-order chi connectivity index (χ0) is 18.1. The monoisotopic (exact) mass is 389 g/mol. The highest BCUT2D eigenvalue weighted by Crippen LogP contribution is 2.20. The third kappa shape index (κ3) is 6.95. The van der Waals surface area contributed by atoms with Crippen LogP contribution in [0.3, 0.4) is 0 Å².